The molecule has 6 nitrogen and oxygen atoms in total. The molecule has 0 aliphatic carbocycles. The number of benzene rings is 1. The first-order valence-corrected chi connectivity index (χ1v) is 6.34. The lowest BCUT2D eigenvalue weighted by molar-refractivity contribution is 0.263. The first-order valence-electron chi connectivity index (χ1n) is 5.58. The molecule has 0 bridgehead atoms. The molecule has 1 aliphatic heterocycles. The van der Waals surface area contributed by atoms with Crippen LogP contribution >= 0.6 is 23.2 Å². The van der Waals surface area contributed by atoms with Crippen LogP contribution in [0.2, 0.25) is 10.0 Å². The number of amidine groups is 1. The molecular formula is C11H12Cl2N4O2. The fraction of sp³-hybridized carbons (Fsp3) is 0.364. The number of aliphatic imine (C=N–C) groups is 1. The Morgan fingerprint density at radius 1 is 1.42 bits per heavy atom. The van der Waals surface area contributed by atoms with Gasteiger partial charge in [0.1, 0.15) is 12.4 Å². The van der Waals surface area contributed by atoms with E-state index in [4.69, 9.17) is 38.5 Å². The monoisotopic (exact) mass is 302 g/mol. The Morgan fingerprint density at radius 3 is 3.00 bits per heavy atom. The van der Waals surface area contributed by atoms with Gasteiger partial charge in [-0.1, -0.05) is 33.5 Å². The lowest BCUT2D eigenvalue weighted by Crippen LogP contribution is -2.11. The quantitative estimate of drug-likeness (QED) is 0.527. The predicted octanol–water partition coefficient (Wildman–Crippen LogP) is 2.84. The first kappa shape index (κ1) is 13.9. The Hall–Kier alpha value is -1.53. The molecule has 0 radical (unpaired) electrons. The molecule has 0 amide bonds. The van der Waals surface area contributed by atoms with Crippen molar-refractivity contribution in [3.8, 4) is 5.75 Å². The zero-order valence-corrected chi connectivity index (χ0v) is 11.4. The summed E-state index contributed by atoms with van der Waals surface area (Å²) in [7, 11) is 0. The van der Waals surface area contributed by atoms with Crippen molar-refractivity contribution in [3.05, 3.63) is 28.2 Å². The molecule has 19 heavy (non-hydrogen) atoms. The number of nitrogens with two attached hydrogens (primary N) is 1. The number of hydrogen-bond acceptors (Lipinski definition) is 5. The maximum atomic E-state index is 5.89. The van der Waals surface area contributed by atoms with Crippen LogP contribution in [0.4, 0.5) is 0 Å². The fourth-order valence-corrected chi connectivity index (χ4v) is 1.82. The van der Waals surface area contributed by atoms with Gasteiger partial charge in [0.25, 0.3) is 0 Å². The molecule has 0 saturated heterocycles. The maximum Gasteiger partial charge on any atom is 0.332 e. The summed E-state index contributed by atoms with van der Waals surface area (Å²) in [6, 6.07) is 5.34. The van der Waals surface area contributed by atoms with Crippen LogP contribution in [-0.2, 0) is 4.74 Å². The lowest BCUT2D eigenvalue weighted by atomic mass is 10.2. The topological polar surface area (TPSA) is 81.6 Å². The van der Waals surface area contributed by atoms with Crippen molar-refractivity contribution in [3.63, 3.8) is 0 Å². The molecule has 0 fully saturated rings. The van der Waals surface area contributed by atoms with Crippen molar-refractivity contribution in [1.29, 1.82) is 0 Å². The minimum Gasteiger partial charge on any atom is -0.493 e. The highest BCUT2D eigenvalue weighted by Gasteiger charge is 2.18. The van der Waals surface area contributed by atoms with Crippen molar-refractivity contribution >= 4 is 29.2 Å². The van der Waals surface area contributed by atoms with E-state index in [-0.39, 0.29) is 12.1 Å². The number of hydrogen-bond donors (Lipinski definition) is 1. The Kier molecular flexibility index (Phi) is 4.81. The molecular weight excluding hydrogens is 291 g/mol. The Balaban J connectivity index is 1.79. The van der Waals surface area contributed by atoms with Crippen LogP contribution in [-0.4, -0.2) is 25.3 Å². The van der Waals surface area contributed by atoms with Crippen molar-refractivity contribution in [1.82, 2.24) is 0 Å². The average Bonchev–Trinajstić information content (AvgIpc) is 2.82. The van der Waals surface area contributed by atoms with E-state index in [0.717, 1.165) is 0 Å². The average molecular weight is 303 g/mol. The largest absolute Gasteiger partial charge is 0.493 e. The molecule has 0 aromatic heterocycles. The second-order valence-electron chi connectivity index (χ2n) is 3.81. The second-order valence-corrected chi connectivity index (χ2v) is 4.62. The smallest absolute Gasteiger partial charge is 0.332 e. The summed E-state index contributed by atoms with van der Waals surface area (Å²) in [4.78, 5) is 4.17. The molecule has 0 saturated carbocycles. The summed E-state index contributed by atoms with van der Waals surface area (Å²) >= 11 is 11.7. The van der Waals surface area contributed by atoms with E-state index in [1.165, 1.54) is 0 Å². The maximum absolute atomic E-state index is 5.89. The minimum atomic E-state index is 0.00303. The third kappa shape index (κ3) is 3.97. The molecule has 2 rings (SSSR count). The number of nitrogens with zero attached hydrogens (tertiary/aromatic N) is 3. The Labute approximate surface area is 120 Å². The molecule has 102 valence electrons. The summed E-state index contributed by atoms with van der Waals surface area (Å²) in [6.45, 7) is 0.946. The van der Waals surface area contributed by atoms with Crippen LogP contribution in [0.5, 0.6) is 5.75 Å². The van der Waals surface area contributed by atoms with Gasteiger partial charge in [-0.15, -0.1) is 0 Å². The zero-order valence-electron chi connectivity index (χ0n) is 9.92. The third-order valence-corrected chi connectivity index (χ3v) is 3.19. The van der Waals surface area contributed by atoms with E-state index in [0.29, 0.717) is 35.4 Å². The zero-order chi connectivity index (χ0) is 13.7. The van der Waals surface area contributed by atoms with Crippen LogP contribution in [0, 0.1) is 0 Å². The molecule has 1 aromatic rings. The molecule has 1 atom stereocenters. The minimum absolute atomic E-state index is 0.00303. The molecule has 1 aromatic carbocycles. The van der Waals surface area contributed by atoms with Gasteiger partial charge in [0.05, 0.1) is 22.7 Å². The molecule has 1 heterocycles. The summed E-state index contributed by atoms with van der Waals surface area (Å²) in [5.41, 5.74) is 0. The Bertz CT molecular complexity index is 507. The van der Waals surface area contributed by atoms with Crippen LogP contribution in [0.3, 0.4) is 0 Å². The molecule has 2 N–H and O–H groups in total. The van der Waals surface area contributed by atoms with E-state index >= 15 is 0 Å². The van der Waals surface area contributed by atoms with E-state index in [1.807, 2.05) is 0 Å². The van der Waals surface area contributed by atoms with Crippen LogP contribution in [0.25, 0.3) is 0 Å². The lowest BCUT2D eigenvalue weighted by Gasteiger charge is -2.08. The predicted molar refractivity (Wildman–Crippen MR) is 72.8 cm³/mol. The van der Waals surface area contributed by atoms with E-state index in [2.05, 4.69) is 15.3 Å². The van der Waals surface area contributed by atoms with E-state index in [1.54, 1.807) is 18.2 Å². The van der Waals surface area contributed by atoms with Gasteiger partial charge < -0.3 is 15.3 Å². The van der Waals surface area contributed by atoms with Gasteiger partial charge in [0.15, 0.2) is 0 Å². The SMILES string of the molecule is NN=NC1=N[C@@H](CCOc2ccc(Cl)c(Cl)c2)CO1. The normalized spacial score (nSPS) is 18.4. The van der Waals surface area contributed by atoms with Gasteiger partial charge in [-0.05, 0) is 12.1 Å². The highest BCUT2D eigenvalue weighted by molar-refractivity contribution is 6.42. The van der Waals surface area contributed by atoms with E-state index < -0.39 is 0 Å². The van der Waals surface area contributed by atoms with Gasteiger partial charge in [-0.2, -0.15) is 0 Å². The standard InChI is InChI=1S/C11H12Cl2N4O2/c12-9-2-1-8(5-10(9)13)18-4-3-7-6-19-11(15-7)16-17-14/h1-2,5,7H,3-4,6H2,(H2,14,15,16)/t7-/m0/s1. The number of rotatable bonds is 4. The highest BCUT2D eigenvalue weighted by Crippen LogP contribution is 2.26. The van der Waals surface area contributed by atoms with Gasteiger partial charge in [0.2, 0.25) is 0 Å². The second kappa shape index (κ2) is 6.58. The van der Waals surface area contributed by atoms with Crippen molar-refractivity contribution < 1.29 is 9.47 Å². The van der Waals surface area contributed by atoms with Gasteiger partial charge in [-0.3, -0.25) is 0 Å². The Morgan fingerprint density at radius 2 is 2.26 bits per heavy atom. The third-order valence-electron chi connectivity index (χ3n) is 2.45. The highest BCUT2D eigenvalue weighted by atomic mass is 35.5. The summed E-state index contributed by atoms with van der Waals surface area (Å²) in [6.07, 6.45) is 0.698. The first-order chi connectivity index (χ1) is 9.19. The molecule has 1 aliphatic rings. The van der Waals surface area contributed by atoms with Gasteiger partial charge in [0, 0.05) is 12.5 Å². The van der Waals surface area contributed by atoms with Crippen molar-refractivity contribution in [2.45, 2.75) is 12.5 Å². The summed E-state index contributed by atoms with van der Waals surface area (Å²) in [5, 5.41) is 7.59. The summed E-state index contributed by atoms with van der Waals surface area (Å²) in [5.74, 6) is 5.57. The fourth-order valence-electron chi connectivity index (χ4n) is 1.53. The number of ether oxygens (including phenoxy) is 2. The molecule has 0 spiro atoms. The van der Waals surface area contributed by atoms with Crippen LogP contribution < -0.4 is 10.6 Å². The number of halogens is 2. The summed E-state index contributed by atoms with van der Waals surface area (Å²) < 4.78 is 10.7. The molecule has 0 unspecified atom stereocenters. The van der Waals surface area contributed by atoms with Crippen LogP contribution in [0.1, 0.15) is 6.42 Å². The van der Waals surface area contributed by atoms with Crippen LogP contribution in [0.15, 0.2) is 33.5 Å². The van der Waals surface area contributed by atoms with Gasteiger partial charge >= 0.3 is 6.02 Å². The van der Waals surface area contributed by atoms with Crippen molar-refractivity contribution in [2.24, 2.45) is 21.2 Å². The molecule has 8 heteroatoms. The van der Waals surface area contributed by atoms with Gasteiger partial charge in [-0.25, -0.2) is 4.99 Å². The van der Waals surface area contributed by atoms with Crippen molar-refractivity contribution in [2.75, 3.05) is 13.2 Å². The van der Waals surface area contributed by atoms with E-state index in [9.17, 15) is 0 Å².